The van der Waals surface area contributed by atoms with Crippen molar-refractivity contribution in [1.82, 2.24) is 0 Å². The van der Waals surface area contributed by atoms with E-state index < -0.39 is 19.7 Å². The first-order valence-corrected chi connectivity index (χ1v) is 18.8. The normalized spacial score (nSPS) is 25.6. The second-order valence-corrected chi connectivity index (χ2v) is 19.0. The minimum atomic E-state index is -2.64. The van der Waals surface area contributed by atoms with Gasteiger partial charge in [0.25, 0.3) is 8.32 Å². The number of benzene rings is 3. The summed E-state index contributed by atoms with van der Waals surface area (Å²) in [7, 11) is -2.64. The van der Waals surface area contributed by atoms with Crippen LogP contribution in [0.3, 0.4) is 0 Å². The van der Waals surface area contributed by atoms with E-state index in [4.69, 9.17) is 9.16 Å². The van der Waals surface area contributed by atoms with Crippen molar-refractivity contribution in [2.45, 2.75) is 77.5 Å². The van der Waals surface area contributed by atoms with E-state index in [1.54, 1.807) is 0 Å². The number of aliphatic carboxylic acids is 1. The predicted octanol–water partition coefficient (Wildman–Crippen LogP) is 8.34. The van der Waals surface area contributed by atoms with Crippen LogP contribution in [0.25, 0.3) is 0 Å². The topological polar surface area (TPSA) is 55.8 Å². The van der Waals surface area contributed by atoms with E-state index in [0.29, 0.717) is 13.2 Å². The van der Waals surface area contributed by atoms with Crippen LogP contribution in [0.5, 0.6) is 0 Å². The van der Waals surface area contributed by atoms with Gasteiger partial charge in [-0.15, -0.1) is 0 Å². The van der Waals surface area contributed by atoms with E-state index in [-0.39, 0.29) is 28.9 Å². The van der Waals surface area contributed by atoms with Crippen LogP contribution in [0.2, 0.25) is 5.04 Å². The van der Waals surface area contributed by atoms with Gasteiger partial charge in [0.05, 0.1) is 18.1 Å². The van der Waals surface area contributed by atoms with E-state index in [2.05, 4.69) is 116 Å². The molecule has 0 heterocycles. The molecule has 2 aliphatic carbocycles. The Hall–Kier alpha value is -2.51. The highest BCUT2D eigenvalue weighted by Gasteiger charge is 2.56. The first-order valence-electron chi connectivity index (χ1n) is 16.1. The fraction of sp³-hybridized carbons (Fsp3) is 0.447. The lowest BCUT2D eigenvalue weighted by Gasteiger charge is -2.51. The summed E-state index contributed by atoms with van der Waals surface area (Å²) in [4.78, 5) is 13.1. The van der Waals surface area contributed by atoms with E-state index in [1.807, 2.05) is 25.1 Å². The highest BCUT2D eigenvalue weighted by atomic mass is 79.9. The molecule has 0 aliphatic heterocycles. The maximum absolute atomic E-state index is 13.1. The van der Waals surface area contributed by atoms with Crippen LogP contribution in [-0.4, -0.2) is 32.1 Å². The van der Waals surface area contributed by atoms with Crippen molar-refractivity contribution in [3.8, 4) is 0 Å². The molecule has 44 heavy (non-hydrogen) atoms. The quantitative estimate of drug-likeness (QED) is 0.164. The van der Waals surface area contributed by atoms with E-state index in [0.717, 1.165) is 42.1 Å². The molecule has 5 atom stereocenters. The average Bonchev–Trinajstić information content (AvgIpc) is 3.03. The molecule has 234 valence electrons. The third-order valence-electron chi connectivity index (χ3n) is 10.2. The van der Waals surface area contributed by atoms with Gasteiger partial charge in [0.15, 0.2) is 0 Å². The van der Waals surface area contributed by atoms with Gasteiger partial charge in [0.2, 0.25) is 0 Å². The summed E-state index contributed by atoms with van der Waals surface area (Å²) in [5.74, 6) is -0.730. The molecule has 0 saturated heterocycles. The number of rotatable bonds is 11. The van der Waals surface area contributed by atoms with Gasteiger partial charge in [-0.05, 0) is 69.9 Å². The molecule has 5 rings (SSSR count). The lowest BCUT2D eigenvalue weighted by Crippen LogP contribution is -2.66. The summed E-state index contributed by atoms with van der Waals surface area (Å²) < 4.78 is 14.7. The molecule has 4 nitrogen and oxygen atoms in total. The molecular weight excluding hydrogens is 628 g/mol. The van der Waals surface area contributed by atoms with Gasteiger partial charge < -0.3 is 14.3 Å². The van der Waals surface area contributed by atoms with Crippen molar-refractivity contribution in [3.63, 3.8) is 0 Å². The number of hydrogen-bond acceptors (Lipinski definition) is 3. The Morgan fingerprint density at radius 3 is 2.05 bits per heavy atom. The number of hydrogen-bond donors (Lipinski definition) is 1. The Kier molecular flexibility index (Phi) is 10.4. The molecule has 0 spiro atoms. The van der Waals surface area contributed by atoms with Crippen LogP contribution < -0.4 is 10.4 Å². The summed E-state index contributed by atoms with van der Waals surface area (Å²) in [5.41, 5.74) is 0.277. The second-order valence-electron chi connectivity index (χ2n) is 13.8. The first-order chi connectivity index (χ1) is 21.1. The number of fused-ring (bicyclic) bond motifs is 1. The number of carboxylic acids is 1. The van der Waals surface area contributed by atoms with Crippen LogP contribution in [0.4, 0.5) is 0 Å². The van der Waals surface area contributed by atoms with Crippen LogP contribution in [-0.2, 0) is 20.6 Å². The van der Waals surface area contributed by atoms with Crippen molar-refractivity contribution >= 4 is 40.6 Å². The van der Waals surface area contributed by atoms with Crippen molar-refractivity contribution < 1.29 is 19.1 Å². The van der Waals surface area contributed by atoms with Crippen LogP contribution in [0.1, 0.15) is 65.4 Å². The smallest absolute Gasteiger partial charge is 0.310 e. The zero-order valence-corrected chi connectivity index (χ0v) is 29.1. The standard InChI is InChI=1S/C38H47BrO4Si/c1-37(2,3)44(30-19-10-6-11-20-30,31-21-12-7-13-22-31)43-25-15-18-29-26-33(39)35-32(38(29,4)36(40)41)23-14-24-34(35)42-27-28-16-8-5-9-17-28/h5-13,16-17,19-22,26,29,32,34-35H,14-15,18,23-25,27H2,1-4H3,(H,40,41)/t29-,32-,34+,35-,38-/m1/s1. The highest BCUT2D eigenvalue weighted by molar-refractivity contribution is 9.11. The molecule has 0 radical (unpaired) electrons. The predicted molar refractivity (Wildman–Crippen MR) is 185 cm³/mol. The van der Waals surface area contributed by atoms with Crippen LogP contribution in [0.15, 0.2) is 102 Å². The monoisotopic (exact) mass is 674 g/mol. The van der Waals surface area contributed by atoms with Crippen molar-refractivity contribution in [3.05, 3.63) is 107 Å². The largest absolute Gasteiger partial charge is 0.481 e. The van der Waals surface area contributed by atoms with E-state index >= 15 is 0 Å². The molecule has 0 unspecified atom stereocenters. The summed E-state index contributed by atoms with van der Waals surface area (Å²) in [6.07, 6.45) is 6.57. The fourth-order valence-electron chi connectivity index (χ4n) is 7.91. The molecule has 0 bridgehead atoms. The number of carboxylic acid groups (broad SMARTS) is 1. The molecule has 1 fully saturated rings. The lowest BCUT2D eigenvalue weighted by molar-refractivity contribution is -0.162. The third-order valence-corrected chi connectivity index (χ3v) is 16.1. The van der Waals surface area contributed by atoms with Crippen LogP contribution in [0, 0.1) is 23.2 Å². The van der Waals surface area contributed by atoms with Gasteiger partial charge in [-0.1, -0.05) is 140 Å². The Bertz CT molecular complexity index is 1370. The van der Waals surface area contributed by atoms with Gasteiger partial charge in [-0.25, -0.2) is 0 Å². The lowest BCUT2D eigenvalue weighted by atomic mass is 9.55. The van der Waals surface area contributed by atoms with Gasteiger partial charge in [0, 0.05) is 12.5 Å². The number of allylic oxidation sites excluding steroid dienone is 1. The highest BCUT2D eigenvalue weighted by Crippen LogP contribution is 2.56. The summed E-state index contributed by atoms with van der Waals surface area (Å²) in [6.45, 7) is 9.99. The minimum absolute atomic E-state index is 0.00214. The minimum Gasteiger partial charge on any atom is -0.481 e. The van der Waals surface area contributed by atoms with Gasteiger partial charge in [-0.2, -0.15) is 0 Å². The molecule has 0 aromatic heterocycles. The second kappa shape index (κ2) is 13.9. The Morgan fingerprint density at radius 1 is 0.932 bits per heavy atom. The van der Waals surface area contributed by atoms with E-state index in [9.17, 15) is 9.90 Å². The number of carbonyl (C=O) groups is 1. The molecular formula is C38H47BrO4Si. The molecule has 3 aromatic rings. The van der Waals surface area contributed by atoms with Crippen LogP contribution >= 0.6 is 15.9 Å². The maximum Gasteiger partial charge on any atom is 0.310 e. The molecule has 2 aliphatic rings. The van der Waals surface area contributed by atoms with Gasteiger partial charge in [0.1, 0.15) is 0 Å². The molecule has 6 heteroatoms. The molecule has 1 saturated carbocycles. The molecule has 0 amide bonds. The van der Waals surface area contributed by atoms with E-state index in [1.165, 1.54) is 10.4 Å². The fourth-order valence-corrected chi connectivity index (χ4v) is 13.4. The SMILES string of the molecule is CC(C)(C)[Si](OCCC[C@@H]1C=C(Br)[C@@H]2[C@@H](OCc3ccccc3)CCC[C@H]2[C@]1(C)C(=O)O)(c1ccccc1)c1ccccc1. The first kappa shape index (κ1) is 32.9. The molecule has 1 N–H and O–H groups in total. The summed E-state index contributed by atoms with van der Waals surface area (Å²) in [6, 6.07) is 31.6. The summed E-state index contributed by atoms with van der Waals surface area (Å²) >= 11 is 3.93. The summed E-state index contributed by atoms with van der Waals surface area (Å²) in [5, 5.41) is 13.2. The number of halogens is 1. The molecule has 3 aromatic carbocycles. The third kappa shape index (κ3) is 6.41. The Balaban J connectivity index is 1.36. The van der Waals surface area contributed by atoms with Crippen molar-refractivity contribution in [2.24, 2.45) is 23.2 Å². The van der Waals surface area contributed by atoms with Crippen molar-refractivity contribution in [1.29, 1.82) is 0 Å². The average molecular weight is 676 g/mol. The zero-order chi connectivity index (χ0) is 31.4. The zero-order valence-electron chi connectivity index (χ0n) is 26.5. The van der Waals surface area contributed by atoms with Crippen molar-refractivity contribution in [2.75, 3.05) is 6.61 Å². The number of ether oxygens (including phenoxy) is 1. The Morgan fingerprint density at radius 2 is 1.50 bits per heavy atom. The van der Waals surface area contributed by atoms with Gasteiger partial charge >= 0.3 is 5.97 Å². The maximum atomic E-state index is 13.1. The Labute approximate surface area is 273 Å². The van der Waals surface area contributed by atoms with Gasteiger partial charge in [-0.3, -0.25) is 4.79 Å².